The Morgan fingerprint density at radius 3 is 2.61 bits per heavy atom. The van der Waals surface area contributed by atoms with Crippen molar-refractivity contribution in [2.45, 2.75) is 38.3 Å². The summed E-state index contributed by atoms with van der Waals surface area (Å²) < 4.78 is 38.2. The van der Waals surface area contributed by atoms with Crippen LogP contribution >= 0.6 is 11.3 Å². The summed E-state index contributed by atoms with van der Waals surface area (Å²) in [7, 11) is 0. The smallest absolute Gasteiger partial charge is 0.341 e. The first-order valence-corrected chi connectivity index (χ1v) is 8.26. The minimum Gasteiger partial charge on any atom is -0.341 e. The molecule has 5 nitrogen and oxygen atoms in total. The van der Waals surface area contributed by atoms with E-state index in [4.69, 9.17) is 0 Å². The summed E-state index contributed by atoms with van der Waals surface area (Å²) in [5.41, 5.74) is -0.902. The molecule has 0 atom stereocenters. The lowest BCUT2D eigenvalue weighted by Crippen LogP contribution is -2.34. The molecule has 23 heavy (non-hydrogen) atoms. The van der Waals surface area contributed by atoms with E-state index in [-0.39, 0.29) is 5.95 Å². The number of halogens is 3. The first-order valence-electron chi connectivity index (χ1n) is 7.45. The topological polar surface area (TPSA) is 54.8 Å². The highest BCUT2D eigenvalue weighted by Crippen LogP contribution is 2.32. The van der Waals surface area contributed by atoms with Crippen molar-refractivity contribution >= 4 is 17.3 Å². The van der Waals surface area contributed by atoms with E-state index in [2.05, 4.69) is 20.2 Å². The fraction of sp³-hybridized carbons (Fsp3) is 0.571. The van der Waals surface area contributed by atoms with Crippen LogP contribution in [-0.4, -0.2) is 33.3 Å². The predicted molar refractivity (Wildman–Crippen MR) is 80.5 cm³/mol. The SMILES string of the molecule is CCc1nnc(C2CCN(c3nccc(C(F)(F)F)n3)CC2)s1. The van der Waals surface area contributed by atoms with Gasteiger partial charge in [-0.25, -0.2) is 9.97 Å². The van der Waals surface area contributed by atoms with Crippen molar-refractivity contribution in [1.29, 1.82) is 0 Å². The van der Waals surface area contributed by atoms with Gasteiger partial charge in [-0.15, -0.1) is 21.5 Å². The van der Waals surface area contributed by atoms with E-state index in [0.29, 0.717) is 19.0 Å². The quantitative estimate of drug-likeness (QED) is 0.856. The Morgan fingerprint density at radius 2 is 2.00 bits per heavy atom. The Hall–Kier alpha value is -1.77. The lowest BCUT2D eigenvalue weighted by molar-refractivity contribution is -0.141. The second kappa shape index (κ2) is 6.38. The van der Waals surface area contributed by atoms with Crippen LogP contribution in [0.4, 0.5) is 19.1 Å². The van der Waals surface area contributed by atoms with Gasteiger partial charge in [0, 0.05) is 25.2 Å². The highest BCUT2D eigenvalue weighted by molar-refractivity contribution is 7.11. The number of piperidine rings is 1. The molecule has 0 bridgehead atoms. The third kappa shape index (κ3) is 3.60. The molecule has 1 aliphatic heterocycles. The molecule has 1 aliphatic rings. The number of alkyl halides is 3. The average molecular weight is 343 g/mol. The van der Waals surface area contributed by atoms with Crippen LogP contribution in [0.3, 0.4) is 0 Å². The van der Waals surface area contributed by atoms with Gasteiger partial charge in [0.05, 0.1) is 0 Å². The van der Waals surface area contributed by atoms with Gasteiger partial charge in [-0.3, -0.25) is 0 Å². The highest BCUT2D eigenvalue weighted by atomic mass is 32.1. The number of nitrogens with zero attached hydrogens (tertiary/aromatic N) is 5. The van der Waals surface area contributed by atoms with Gasteiger partial charge >= 0.3 is 6.18 Å². The lowest BCUT2D eigenvalue weighted by atomic mass is 9.98. The van der Waals surface area contributed by atoms with E-state index in [1.807, 2.05) is 6.92 Å². The maximum Gasteiger partial charge on any atom is 0.433 e. The van der Waals surface area contributed by atoms with E-state index in [1.165, 1.54) is 0 Å². The van der Waals surface area contributed by atoms with Crippen molar-refractivity contribution in [3.8, 4) is 0 Å². The number of hydrogen-bond donors (Lipinski definition) is 0. The monoisotopic (exact) mass is 343 g/mol. The van der Waals surface area contributed by atoms with Gasteiger partial charge in [0.1, 0.15) is 15.7 Å². The van der Waals surface area contributed by atoms with E-state index in [0.717, 1.165) is 41.5 Å². The molecule has 3 heterocycles. The zero-order valence-corrected chi connectivity index (χ0v) is 13.4. The molecule has 2 aromatic heterocycles. The molecule has 0 aromatic carbocycles. The zero-order valence-electron chi connectivity index (χ0n) is 12.5. The van der Waals surface area contributed by atoms with Crippen LogP contribution in [-0.2, 0) is 12.6 Å². The number of rotatable bonds is 3. The van der Waals surface area contributed by atoms with Crippen LogP contribution in [0.1, 0.15) is 41.4 Å². The van der Waals surface area contributed by atoms with Gasteiger partial charge in [0.2, 0.25) is 5.95 Å². The molecule has 9 heteroatoms. The van der Waals surface area contributed by atoms with Crippen molar-refractivity contribution in [3.05, 3.63) is 28.0 Å². The zero-order chi connectivity index (χ0) is 16.4. The highest BCUT2D eigenvalue weighted by Gasteiger charge is 2.33. The first kappa shape index (κ1) is 16.1. The maximum atomic E-state index is 12.7. The van der Waals surface area contributed by atoms with Crippen molar-refractivity contribution in [2.75, 3.05) is 18.0 Å². The summed E-state index contributed by atoms with van der Waals surface area (Å²) in [6.45, 7) is 3.28. The molecule has 124 valence electrons. The Labute approximate surface area is 135 Å². The van der Waals surface area contributed by atoms with E-state index in [1.54, 1.807) is 16.2 Å². The van der Waals surface area contributed by atoms with Crippen LogP contribution in [0.15, 0.2) is 12.3 Å². The summed E-state index contributed by atoms with van der Waals surface area (Å²) in [6, 6.07) is 0.893. The third-order valence-corrected chi connectivity index (χ3v) is 5.08. The van der Waals surface area contributed by atoms with Crippen LogP contribution < -0.4 is 4.90 Å². The predicted octanol–water partition coefficient (Wildman–Crippen LogP) is 3.29. The minimum absolute atomic E-state index is 0.143. The molecule has 3 rings (SSSR count). The van der Waals surface area contributed by atoms with Gasteiger partial charge in [0.15, 0.2) is 0 Å². The molecule has 0 saturated carbocycles. The van der Waals surface area contributed by atoms with Gasteiger partial charge in [0.25, 0.3) is 0 Å². The fourth-order valence-corrected chi connectivity index (χ4v) is 3.51. The Balaban J connectivity index is 1.67. The molecule has 1 saturated heterocycles. The summed E-state index contributed by atoms with van der Waals surface area (Å²) in [4.78, 5) is 9.43. The third-order valence-electron chi connectivity index (χ3n) is 3.85. The van der Waals surface area contributed by atoms with Gasteiger partial charge in [-0.1, -0.05) is 6.92 Å². The maximum absolute atomic E-state index is 12.7. The van der Waals surface area contributed by atoms with Crippen molar-refractivity contribution in [3.63, 3.8) is 0 Å². The normalized spacial score (nSPS) is 16.8. The molecule has 1 fully saturated rings. The molecule has 0 unspecified atom stereocenters. The number of aryl methyl sites for hydroxylation is 1. The second-order valence-electron chi connectivity index (χ2n) is 5.39. The van der Waals surface area contributed by atoms with Crippen LogP contribution in [0.2, 0.25) is 0 Å². The summed E-state index contributed by atoms with van der Waals surface area (Å²) in [6.07, 6.45) is -0.779. The minimum atomic E-state index is -4.45. The molecule has 0 amide bonds. The van der Waals surface area contributed by atoms with Gasteiger partial charge in [-0.05, 0) is 25.3 Å². The Kier molecular flexibility index (Phi) is 4.47. The molecular formula is C14H16F3N5S. The molecular weight excluding hydrogens is 327 g/mol. The standard InChI is InChI=1S/C14H16F3N5S/c1-2-11-20-21-12(23-11)9-4-7-22(8-5-9)13-18-6-3-10(19-13)14(15,16)17/h3,6,9H,2,4-5,7-8H2,1H3. The molecule has 0 N–H and O–H groups in total. The van der Waals surface area contributed by atoms with Gasteiger partial charge < -0.3 is 4.90 Å². The number of aromatic nitrogens is 4. The number of hydrogen-bond acceptors (Lipinski definition) is 6. The van der Waals surface area contributed by atoms with E-state index < -0.39 is 11.9 Å². The second-order valence-corrected chi connectivity index (χ2v) is 6.48. The first-order chi connectivity index (χ1) is 11.0. The molecule has 0 radical (unpaired) electrons. The summed E-state index contributed by atoms with van der Waals surface area (Å²) in [5, 5.41) is 10.4. The van der Waals surface area contributed by atoms with Crippen molar-refractivity contribution in [2.24, 2.45) is 0 Å². The Morgan fingerprint density at radius 1 is 1.26 bits per heavy atom. The van der Waals surface area contributed by atoms with Crippen LogP contribution in [0.25, 0.3) is 0 Å². The van der Waals surface area contributed by atoms with Crippen molar-refractivity contribution < 1.29 is 13.2 Å². The molecule has 0 spiro atoms. The Bertz CT molecular complexity index is 664. The van der Waals surface area contributed by atoms with Crippen molar-refractivity contribution in [1.82, 2.24) is 20.2 Å². The average Bonchev–Trinajstić information content (AvgIpc) is 3.03. The number of anilines is 1. The largest absolute Gasteiger partial charge is 0.433 e. The fourth-order valence-electron chi connectivity index (χ4n) is 2.56. The van der Waals surface area contributed by atoms with E-state index in [9.17, 15) is 13.2 Å². The summed E-state index contributed by atoms with van der Waals surface area (Å²) in [5.74, 6) is 0.458. The lowest BCUT2D eigenvalue weighted by Gasteiger charge is -2.31. The van der Waals surface area contributed by atoms with Crippen LogP contribution in [0.5, 0.6) is 0 Å². The van der Waals surface area contributed by atoms with E-state index >= 15 is 0 Å². The molecule has 0 aliphatic carbocycles. The van der Waals surface area contributed by atoms with Gasteiger partial charge in [-0.2, -0.15) is 13.2 Å². The summed E-state index contributed by atoms with van der Waals surface area (Å²) >= 11 is 1.62. The molecule has 2 aromatic rings. The van der Waals surface area contributed by atoms with Crippen LogP contribution in [0, 0.1) is 0 Å².